The summed E-state index contributed by atoms with van der Waals surface area (Å²) in [5, 5.41) is 15.5. The van der Waals surface area contributed by atoms with Crippen molar-refractivity contribution in [2.45, 2.75) is 32.3 Å². The maximum absolute atomic E-state index is 12.3. The predicted molar refractivity (Wildman–Crippen MR) is 76.8 cm³/mol. The molecule has 1 aromatic heterocycles. The Bertz CT molecular complexity index is 549. The van der Waals surface area contributed by atoms with Gasteiger partial charge in [-0.2, -0.15) is 5.10 Å². The highest BCUT2D eigenvalue weighted by Gasteiger charge is 2.27. The molecule has 0 atom stereocenters. The van der Waals surface area contributed by atoms with Crippen LogP contribution in [0.4, 0.5) is 0 Å². The standard InChI is InChI=1S/C12H24N4O3S/c1-9-11(10(6-17)15-14-9)20(18,19)13-7-12(2,3)8-16(4)5/h13,17H,6-8H2,1-5H3,(H,14,15). The number of aliphatic hydroxyl groups excluding tert-OH is 1. The monoisotopic (exact) mass is 304 g/mol. The number of aromatic nitrogens is 2. The molecule has 0 aromatic carbocycles. The maximum atomic E-state index is 12.3. The molecule has 8 heteroatoms. The first-order valence-electron chi connectivity index (χ1n) is 6.38. The first-order valence-corrected chi connectivity index (χ1v) is 7.86. The van der Waals surface area contributed by atoms with Gasteiger partial charge in [-0.25, -0.2) is 13.1 Å². The van der Waals surface area contributed by atoms with Crippen LogP contribution in [0.15, 0.2) is 4.90 Å². The van der Waals surface area contributed by atoms with E-state index in [2.05, 4.69) is 14.9 Å². The number of rotatable bonds is 7. The molecule has 0 amide bonds. The first-order chi connectivity index (χ1) is 9.09. The zero-order valence-electron chi connectivity index (χ0n) is 12.7. The van der Waals surface area contributed by atoms with Gasteiger partial charge in [0.2, 0.25) is 10.0 Å². The molecular formula is C12H24N4O3S. The number of nitrogens with one attached hydrogen (secondary N) is 2. The molecule has 0 radical (unpaired) electrons. The third-order valence-corrected chi connectivity index (χ3v) is 4.47. The number of aliphatic hydroxyl groups is 1. The quantitative estimate of drug-likeness (QED) is 0.662. The summed E-state index contributed by atoms with van der Waals surface area (Å²) in [4.78, 5) is 2.05. The molecule has 0 saturated heterocycles. The zero-order chi connectivity index (χ0) is 15.6. The van der Waals surface area contributed by atoms with Gasteiger partial charge >= 0.3 is 0 Å². The molecule has 1 heterocycles. The highest BCUT2D eigenvalue weighted by molar-refractivity contribution is 7.89. The lowest BCUT2D eigenvalue weighted by Crippen LogP contribution is -2.40. The lowest BCUT2D eigenvalue weighted by atomic mass is 9.93. The van der Waals surface area contributed by atoms with Crippen molar-refractivity contribution in [3.8, 4) is 0 Å². The highest BCUT2D eigenvalue weighted by Crippen LogP contribution is 2.20. The van der Waals surface area contributed by atoms with Gasteiger partial charge in [0.1, 0.15) is 10.6 Å². The summed E-state index contributed by atoms with van der Waals surface area (Å²) < 4.78 is 27.3. The normalized spacial score (nSPS) is 13.2. The van der Waals surface area contributed by atoms with E-state index in [1.165, 1.54) is 0 Å². The summed E-state index contributed by atoms with van der Waals surface area (Å²) in [6.45, 7) is 6.25. The second-order valence-corrected chi connectivity index (χ2v) is 7.71. The van der Waals surface area contributed by atoms with Crippen molar-refractivity contribution in [1.29, 1.82) is 0 Å². The number of H-pyrrole nitrogens is 1. The van der Waals surface area contributed by atoms with Crippen molar-refractivity contribution in [3.63, 3.8) is 0 Å². The summed E-state index contributed by atoms with van der Waals surface area (Å²) in [7, 11) is 0.208. The largest absolute Gasteiger partial charge is 0.390 e. The summed E-state index contributed by atoms with van der Waals surface area (Å²) in [5.41, 5.74) is 0.362. The van der Waals surface area contributed by atoms with E-state index in [0.717, 1.165) is 6.54 Å². The van der Waals surface area contributed by atoms with E-state index >= 15 is 0 Å². The third-order valence-electron chi connectivity index (χ3n) is 2.86. The van der Waals surface area contributed by atoms with Gasteiger partial charge in [0.25, 0.3) is 0 Å². The van der Waals surface area contributed by atoms with Crippen molar-refractivity contribution in [2.24, 2.45) is 5.41 Å². The second kappa shape index (κ2) is 6.21. The molecule has 0 aliphatic heterocycles. The number of hydrogen-bond acceptors (Lipinski definition) is 5. The fraction of sp³-hybridized carbons (Fsp3) is 0.750. The molecule has 0 aliphatic carbocycles. The van der Waals surface area contributed by atoms with Crippen molar-refractivity contribution in [1.82, 2.24) is 19.8 Å². The van der Waals surface area contributed by atoms with E-state index in [0.29, 0.717) is 12.2 Å². The van der Waals surface area contributed by atoms with Gasteiger partial charge < -0.3 is 10.0 Å². The minimum absolute atomic E-state index is 0.0423. The molecule has 7 nitrogen and oxygen atoms in total. The van der Waals surface area contributed by atoms with Gasteiger partial charge in [-0.1, -0.05) is 13.8 Å². The Morgan fingerprint density at radius 2 is 2.00 bits per heavy atom. The van der Waals surface area contributed by atoms with Crippen LogP contribution in [0.25, 0.3) is 0 Å². The third kappa shape index (κ3) is 4.27. The van der Waals surface area contributed by atoms with E-state index < -0.39 is 16.6 Å². The molecule has 0 unspecified atom stereocenters. The SMILES string of the molecule is Cc1[nH]nc(CO)c1S(=O)(=O)NCC(C)(C)CN(C)C. The molecule has 20 heavy (non-hydrogen) atoms. The number of hydrogen-bond donors (Lipinski definition) is 3. The van der Waals surface area contributed by atoms with Crippen LogP contribution in [0.2, 0.25) is 0 Å². The topological polar surface area (TPSA) is 98.3 Å². The van der Waals surface area contributed by atoms with Crippen LogP contribution in [0.3, 0.4) is 0 Å². The van der Waals surface area contributed by atoms with E-state index in [1.807, 2.05) is 32.8 Å². The number of aryl methyl sites for hydroxylation is 1. The number of nitrogens with zero attached hydrogens (tertiary/aromatic N) is 2. The molecule has 0 fully saturated rings. The van der Waals surface area contributed by atoms with Crippen LogP contribution < -0.4 is 4.72 Å². The molecule has 0 aliphatic rings. The van der Waals surface area contributed by atoms with E-state index in [9.17, 15) is 8.42 Å². The van der Waals surface area contributed by atoms with Crippen LogP contribution in [-0.2, 0) is 16.6 Å². The minimum atomic E-state index is -3.68. The minimum Gasteiger partial charge on any atom is -0.390 e. The van der Waals surface area contributed by atoms with Gasteiger partial charge in [-0.15, -0.1) is 0 Å². The molecular weight excluding hydrogens is 280 g/mol. The van der Waals surface area contributed by atoms with Gasteiger partial charge in [0.05, 0.1) is 12.3 Å². The predicted octanol–water partition coefficient (Wildman–Crippen LogP) is 0.0765. The Labute approximate surface area is 120 Å². The van der Waals surface area contributed by atoms with Crippen molar-refractivity contribution in [2.75, 3.05) is 27.2 Å². The lowest BCUT2D eigenvalue weighted by molar-refractivity contribution is 0.242. The van der Waals surface area contributed by atoms with Crippen LogP contribution in [-0.4, -0.2) is 55.8 Å². The molecule has 1 rings (SSSR count). The summed E-state index contributed by atoms with van der Waals surface area (Å²) >= 11 is 0. The summed E-state index contributed by atoms with van der Waals surface area (Å²) in [6.07, 6.45) is 0. The van der Waals surface area contributed by atoms with Gasteiger partial charge in [-0.3, -0.25) is 5.10 Å². The smallest absolute Gasteiger partial charge is 0.244 e. The average molecular weight is 304 g/mol. The molecule has 0 saturated carbocycles. The van der Waals surface area contributed by atoms with Gasteiger partial charge in [0, 0.05) is 13.1 Å². The zero-order valence-corrected chi connectivity index (χ0v) is 13.5. The van der Waals surface area contributed by atoms with Gasteiger partial charge in [0.15, 0.2) is 0 Å². The van der Waals surface area contributed by atoms with Gasteiger partial charge in [-0.05, 0) is 26.4 Å². The Kier molecular flexibility index (Phi) is 5.31. The molecule has 116 valence electrons. The Morgan fingerprint density at radius 1 is 1.40 bits per heavy atom. The Balaban J connectivity index is 2.88. The molecule has 0 bridgehead atoms. The first kappa shape index (κ1) is 17.1. The average Bonchev–Trinajstić information content (AvgIpc) is 2.67. The van der Waals surface area contributed by atoms with Crippen molar-refractivity contribution < 1.29 is 13.5 Å². The fourth-order valence-electron chi connectivity index (χ4n) is 2.21. The summed E-state index contributed by atoms with van der Waals surface area (Å²) in [5.74, 6) is 0. The van der Waals surface area contributed by atoms with Crippen LogP contribution in [0, 0.1) is 12.3 Å². The Hall–Kier alpha value is -0.960. The second-order valence-electron chi connectivity index (χ2n) is 6.01. The highest BCUT2D eigenvalue weighted by atomic mass is 32.2. The number of aromatic amines is 1. The fourth-order valence-corrected chi connectivity index (χ4v) is 3.80. The van der Waals surface area contributed by atoms with Crippen molar-refractivity contribution in [3.05, 3.63) is 11.4 Å². The van der Waals surface area contributed by atoms with E-state index in [-0.39, 0.29) is 16.0 Å². The van der Waals surface area contributed by atoms with Crippen LogP contribution in [0.1, 0.15) is 25.2 Å². The maximum Gasteiger partial charge on any atom is 0.244 e. The number of sulfonamides is 1. The van der Waals surface area contributed by atoms with Crippen LogP contribution in [0.5, 0.6) is 0 Å². The van der Waals surface area contributed by atoms with E-state index in [1.54, 1.807) is 6.92 Å². The Morgan fingerprint density at radius 3 is 2.50 bits per heavy atom. The molecule has 1 aromatic rings. The molecule has 3 N–H and O–H groups in total. The van der Waals surface area contributed by atoms with Crippen LogP contribution >= 0.6 is 0 Å². The summed E-state index contributed by atoms with van der Waals surface area (Å²) in [6, 6.07) is 0. The van der Waals surface area contributed by atoms with Crippen molar-refractivity contribution >= 4 is 10.0 Å². The molecule has 0 spiro atoms. The lowest BCUT2D eigenvalue weighted by Gasteiger charge is -2.28. The van der Waals surface area contributed by atoms with E-state index in [4.69, 9.17) is 5.11 Å².